The van der Waals surface area contributed by atoms with Gasteiger partial charge in [0.15, 0.2) is 8.32 Å². The topological polar surface area (TPSA) is 82.6 Å². The number of hydrogen-bond acceptors (Lipinski definition) is 5. The van der Waals surface area contributed by atoms with E-state index in [4.69, 9.17) is 20.3 Å². The van der Waals surface area contributed by atoms with Gasteiger partial charge in [0.25, 0.3) is 5.56 Å². The molecule has 0 unspecified atom stereocenters. The second kappa shape index (κ2) is 9.96. The van der Waals surface area contributed by atoms with E-state index in [1.807, 2.05) is 0 Å². The number of ether oxygens (including phenoxy) is 2. The van der Waals surface area contributed by atoms with Gasteiger partial charge in [-0.25, -0.2) is 4.79 Å². The highest BCUT2D eigenvalue weighted by atomic mass is 28.4. The van der Waals surface area contributed by atoms with Gasteiger partial charge in [0.2, 0.25) is 0 Å². The minimum absolute atomic E-state index is 0.0104. The Morgan fingerprint density at radius 3 is 2.47 bits per heavy atom. The molecule has 2 heterocycles. The molecule has 0 aliphatic carbocycles. The molecule has 7 nitrogen and oxygen atoms in total. The molecule has 168 valence electrons. The number of hydrogen-bond donors (Lipinski definition) is 1. The maximum absolute atomic E-state index is 13.1. The summed E-state index contributed by atoms with van der Waals surface area (Å²) in [5.74, 6) is 2.35. The number of aromatic amines is 1. The molecule has 0 bridgehead atoms. The lowest BCUT2D eigenvalue weighted by Crippen LogP contribution is -2.41. The summed E-state index contributed by atoms with van der Waals surface area (Å²) < 4.78 is 57.7. The van der Waals surface area contributed by atoms with Crippen molar-refractivity contribution in [3.8, 4) is 12.3 Å². The zero-order chi connectivity index (χ0) is 22.5. The minimum atomic E-state index is -4.90. The second-order valence-electron chi connectivity index (χ2n) is 7.18. The molecule has 11 heteroatoms. The van der Waals surface area contributed by atoms with Crippen LogP contribution in [0.3, 0.4) is 0 Å². The van der Waals surface area contributed by atoms with Crippen LogP contribution in [-0.2, 0) is 20.1 Å². The number of rotatable bonds is 9. The zero-order valence-electron chi connectivity index (χ0n) is 17.3. The standard InChI is InChI=1S/C19H27F3N2O5Si/c1-5-9-27-14-10-16(29-15(14)12-28-30(6-2,7-3)8-4)24-11-13(19(20,21)22)17(25)23-18(24)26/h1,11,14-16H,6-10,12H2,2-4H3,(H,23,25,26)/t14-,15+,16+/m0/s1. The lowest BCUT2D eigenvalue weighted by atomic mass is 10.2. The van der Waals surface area contributed by atoms with E-state index in [0.29, 0.717) is 6.20 Å². The van der Waals surface area contributed by atoms with Crippen LogP contribution in [0.1, 0.15) is 39.0 Å². The van der Waals surface area contributed by atoms with Gasteiger partial charge in [0, 0.05) is 12.6 Å². The Labute approximate surface area is 173 Å². The lowest BCUT2D eigenvalue weighted by molar-refractivity contribution is -0.139. The van der Waals surface area contributed by atoms with E-state index in [2.05, 4.69) is 26.7 Å². The Morgan fingerprint density at radius 1 is 1.30 bits per heavy atom. The van der Waals surface area contributed by atoms with Crippen molar-refractivity contribution in [2.45, 2.75) is 69.9 Å². The molecule has 0 aromatic carbocycles. The van der Waals surface area contributed by atoms with Crippen LogP contribution < -0.4 is 11.2 Å². The van der Waals surface area contributed by atoms with Crippen molar-refractivity contribution >= 4 is 8.32 Å². The second-order valence-corrected chi connectivity index (χ2v) is 12.0. The fourth-order valence-electron chi connectivity index (χ4n) is 3.57. The van der Waals surface area contributed by atoms with Gasteiger partial charge in [-0.3, -0.25) is 14.3 Å². The predicted octanol–water partition coefficient (Wildman–Crippen LogP) is 2.88. The molecule has 0 saturated carbocycles. The summed E-state index contributed by atoms with van der Waals surface area (Å²) in [4.78, 5) is 25.4. The van der Waals surface area contributed by atoms with Crippen LogP contribution in [-0.4, -0.2) is 43.3 Å². The van der Waals surface area contributed by atoms with Gasteiger partial charge < -0.3 is 13.9 Å². The molecule has 30 heavy (non-hydrogen) atoms. The Morgan fingerprint density at radius 2 is 1.93 bits per heavy atom. The summed E-state index contributed by atoms with van der Waals surface area (Å²) in [5.41, 5.74) is -3.96. The Kier molecular flexibility index (Phi) is 8.10. The van der Waals surface area contributed by atoms with Gasteiger partial charge in [-0.05, 0) is 18.1 Å². The molecule has 1 aromatic heterocycles. The molecule has 1 aliphatic heterocycles. The molecule has 1 aromatic rings. The van der Waals surface area contributed by atoms with E-state index in [0.717, 1.165) is 22.7 Å². The molecule has 1 N–H and O–H groups in total. The third kappa shape index (κ3) is 5.43. The maximum Gasteiger partial charge on any atom is 0.423 e. The van der Waals surface area contributed by atoms with Crippen LogP contribution >= 0.6 is 0 Å². The van der Waals surface area contributed by atoms with Crippen molar-refractivity contribution < 1.29 is 27.1 Å². The van der Waals surface area contributed by atoms with Crippen molar-refractivity contribution in [1.82, 2.24) is 9.55 Å². The van der Waals surface area contributed by atoms with Gasteiger partial charge in [-0.1, -0.05) is 26.7 Å². The third-order valence-electron chi connectivity index (χ3n) is 5.63. The SMILES string of the molecule is C#CCO[C@H]1C[C@H](n2cc(C(F)(F)F)c(=O)[nH]c2=O)O[C@@H]1CO[Si](CC)(CC)CC. The maximum atomic E-state index is 13.1. The number of aromatic nitrogens is 2. The number of terminal acetylenes is 1. The normalized spacial score (nSPS) is 22.2. The molecular weight excluding hydrogens is 421 g/mol. The summed E-state index contributed by atoms with van der Waals surface area (Å²) >= 11 is 0. The van der Waals surface area contributed by atoms with Crippen LogP contribution in [0.5, 0.6) is 0 Å². The van der Waals surface area contributed by atoms with Crippen molar-refractivity contribution in [2.24, 2.45) is 0 Å². The Bertz CT molecular complexity index is 864. The number of nitrogens with zero attached hydrogens (tertiary/aromatic N) is 1. The highest BCUT2D eigenvalue weighted by Gasteiger charge is 2.41. The van der Waals surface area contributed by atoms with Gasteiger partial charge in [0.05, 0.1) is 12.7 Å². The summed E-state index contributed by atoms with van der Waals surface area (Å²) in [5, 5.41) is 0. The van der Waals surface area contributed by atoms with E-state index in [9.17, 15) is 22.8 Å². The summed E-state index contributed by atoms with van der Waals surface area (Å²) in [6.45, 7) is 6.40. The van der Waals surface area contributed by atoms with Crippen molar-refractivity contribution in [1.29, 1.82) is 0 Å². The Hall–Kier alpha value is -1.87. The fraction of sp³-hybridized carbons (Fsp3) is 0.684. The van der Waals surface area contributed by atoms with Gasteiger partial charge >= 0.3 is 11.9 Å². The molecule has 0 spiro atoms. The molecule has 1 aliphatic rings. The highest BCUT2D eigenvalue weighted by Crippen LogP contribution is 2.33. The lowest BCUT2D eigenvalue weighted by Gasteiger charge is -2.30. The van der Waals surface area contributed by atoms with Crippen LogP contribution in [0.2, 0.25) is 18.1 Å². The highest BCUT2D eigenvalue weighted by molar-refractivity contribution is 6.73. The number of nitrogens with one attached hydrogen (secondary N) is 1. The van der Waals surface area contributed by atoms with Crippen LogP contribution in [0.15, 0.2) is 15.8 Å². The van der Waals surface area contributed by atoms with Gasteiger partial charge in [0.1, 0.15) is 24.5 Å². The number of alkyl halides is 3. The molecular formula is C19H27F3N2O5Si. The molecule has 3 atom stereocenters. The van der Waals surface area contributed by atoms with E-state index in [1.165, 1.54) is 0 Å². The van der Waals surface area contributed by atoms with E-state index in [1.54, 1.807) is 4.98 Å². The minimum Gasteiger partial charge on any atom is -0.414 e. The quantitative estimate of drug-likeness (QED) is 0.464. The first kappa shape index (κ1) is 24.4. The molecule has 1 saturated heterocycles. The van der Waals surface area contributed by atoms with Crippen LogP contribution in [0.4, 0.5) is 13.2 Å². The first-order valence-corrected chi connectivity index (χ1v) is 12.4. The van der Waals surface area contributed by atoms with Gasteiger partial charge in [-0.2, -0.15) is 13.2 Å². The first-order valence-electron chi connectivity index (χ1n) is 9.87. The van der Waals surface area contributed by atoms with Crippen molar-refractivity contribution in [3.05, 3.63) is 32.6 Å². The van der Waals surface area contributed by atoms with E-state index >= 15 is 0 Å². The summed E-state index contributed by atoms with van der Waals surface area (Å²) in [6, 6.07) is 2.75. The number of H-pyrrole nitrogens is 1. The van der Waals surface area contributed by atoms with Gasteiger partial charge in [-0.15, -0.1) is 6.42 Å². The molecule has 2 rings (SSSR count). The fourth-order valence-corrected chi connectivity index (χ4v) is 6.20. The van der Waals surface area contributed by atoms with E-state index in [-0.39, 0.29) is 19.6 Å². The largest absolute Gasteiger partial charge is 0.423 e. The average molecular weight is 449 g/mol. The van der Waals surface area contributed by atoms with E-state index < -0.39 is 49.7 Å². The van der Waals surface area contributed by atoms with Crippen LogP contribution in [0, 0.1) is 12.3 Å². The first-order chi connectivity index (χ1) is 14.1. The smallest absolute Gasteiger partial charge is 0.414 e. The molecule has 0 radical (unpaired) electrons. The van der Waals surface area contributed by atoms with Crippen LogP contribution in [0.25, 0.3) is 0 Å². The Balaban J connectivity index is 2.29. The number of halogens is 3. The summed E-state index contributed by atoms with van der Waals surface area (Å²) in [7, 11) is -1.94. The van der Waals surface area contributed by atoms with Crippen molar-refractivity contribution in [3.63, 3.8) is 0 Å². The van der Waals surface area contributed by atoms with Crippen molar-refractivity contribution in [2.75, 3.05) is 13.2 Å². The summed E-state index contributed by atoms with van der Waals surface area (Å²) in [6.07, 6.45) is -1.28. The average Bonchev–Trinajstić information content (AvgIpc) is 3.09. The molecule has 1 fully saturated rings. The molecule has 0 amide bonds. The third-order valence-corrected chi connectivity index (χ3v) is 10.3. The predicted molar refractivity (Wildman–Crippen MR) is 107 cm³/mol. The zero-order valence-corrected chi connectivity index (χ0v) is 18.3. The monoisotopic (exact) mass is 448 g/mol.